The van der Waals surface area contributed by atoms with Crippen molar-refractivity contribution in [2.75, 3.05) is 13.0 Å². The molecule has 0 aromatic heterocycles. The Morgan fingerprint density at radius 2 is 1.73 bits per heavy atom. The Morgan fingerprint density at radius 3 is 2.27 bits per heavy atom. The normalized spacial score (nSPS) is 11.5. The molecule has 3 heteroatoms. The zero-order valence-electron chi connectivity index (χ0n) is 9.51. The molecule has 2 nitrogen and oxygen atoms in total. The highest BCUT2D eigenvalue weighted by molar-refractivity contribution is 6.17. The van der Waals surface area contributed by atoms with Gasteiger partial charge in [0.1, 0.15) is 6.29 Å². The molecular formula is C12H21ClO2. The summed E-state index contributed by atoms with van der Waals surface area (Å²) in [6.45, 7) is 0. The van der Waals surface area contributed by atoms with Crippen LogP contribution >= 0.6 is 11.6 Å². The van der Waals surface area contributed by atoms with E-state index in [0.29, 0.717) is 0 Å². The number of hydrogen-bond acceptors (Lipinski definition) is 2. The molecule has 0 aliphatic rings. The first-order valence-electron chi connectivity index (χ1n) is 5.59. The van der Waals surface area contributed by atoms with Crippen LogP contribution in [0.1, 0.15) is 44.9 Å². The Hall–Kier alpha value is -0.500. The van der Waals surface area contributed by atoms with Crippen LogP contribution in [-0.4, -0.2) is 19.3 Å². The summed E-state index contributed by atoms with van der Waals surface area (Å²) in [7, 11) is 1.61. The number of rotatable bonds is 10. The average Bonchev–Trinajstić information content (AvgIpc) is 2.26. The summed E-state index contributed by atoms with van der Waals surface area (Å²) in [5.74, 6) is 1.56. The summed E-state index contributed by atoms with van der Waals surface area (Å²) in [6.07, 6.45) is 10.3. The molecule has 0 atom stereocenters. The standard InChI is InChI=1S/C12H21ClO2/c1-15-12(9-11-14)8-6-4-2-3-5-7-10-13/h9,11H,2-8,10H2,1H3/b12-9+. The molecular weight excluding hydrogens is 212 g/mol. The number of hydrogen-bond donors (Lipinski definition) is 0. The van der Waals surface area contributed by atoms with Crippen LogP contribution in [0.15, 0.2) is 11.8 Å². The van der Waals surface area contributed by atoms with Gasteiger partial charge in [0, 0.05) is 18.4 Å². The van der Waals surface area contributed by atoms with Gasteiger partial charge < -0.3 is 4.74 Å². The third-order valence-electron chi connectivity index (χ3n) is 2.32. The van der Waals surface area contributed by atoms with E-state index in [9.17, 15) is 4.79 Å². The highest BCUT2D eigenvalue weighted by Gasteiger charge is 1.96. The van der Waals surface area contributed by atoms with Gasteiger partial charge in [-0.3, -0.25) is 4.79 Å². The lowest BCUT2D eigenvalue weighted by atomic mass is 10.1. The van der Waals surface area contributed by atoms with Crippen molar-refractivity contribution < 1.29 is 9.53 Å². The summed E-state index contributed by atoms with van der Waals surface area (Å²) in [6, 6.07) is 0. The van der Waals surface area contributed by atoms with Crippen LogP contribution in [0.25, 0.3) is 0 Å². The van der Waals surface area contributed by atoms with E-state index in [-0.39, 0.29) is 0 Å². The second-order valence-electron chi connectivity index (χ2n) is 3.53. The van der Waals surface area contributed by atoms with Crippen LogP contribution in [0, 0.1) is 0 Å². The van der Waals surface area contributed by atoms with E-state index < -0.39 is 0 Å². The van der Waals surface area contributed by atoms with Crippen molar-refractivity contribution in [2.45, 2.75) is 44.9 Å². The molecule has 0 aliphatic carbocycles. The highest BCUT2D eigenvalue weighted by atomic mass is 35.5. The Labute approximate surface area is 97.6 Å². The fourth-order valence-electron chi connectivity index (χ4n) is 1.43. The van der Waals surface area contributed by atoms with Crippen molar-refractivity contribution in [1.29, 1.82) is 0 Å². The number of aldehydes is 1. The molecule has 0 fully saturated rings. The lowest BCUT2D eigenvalue weighted by molar-refractivity contribution is -0.104. The molecule has 0 rings (SSSR count). The fraction of sp³-hybridized carbons (Fsp3) is 0.750. The van der Waals surface area contributed by atoms with Crippen molar-refractivity contribution >= 4 is 17.9 Å². The molecule has 0 radical (unpaired) electrons. The Kier molecular flexibility index (Phi) is 11.2. The molecule has 0 aliphatic heterocycles. The second kappa shape index (κ2) is 11.6. The van der Waals surface area contributed by atoms with E-state index in [1.807, 2.05) is 0 Å². The van der Waals surface area contributed by atoms with E-state index in [0.717, 1.165) is 37.2 Å². The summed E-state index contributed by atoms with van der Waals surface area (Å²) in [4.78, 5) is 10.2. The van der Waals surface area contributed by atoms with Crippen molar-refractivity contribution in [1.82, 2.24) is 0 Å². The third kappa shape index (κ3) is 9.80. The zero-order chi connectivity index (χ0) is 11.4. The van der Waals surface area contributed by atoms with E-state index in [1.54, 1.807) is 7.11 Å². The Morgan fingerprint density at radius 1 is 1.13 bits per heavy atom. The minimum Gasteiger partial charge on any atom is -0.501 e. The number of unbranched alkanes of at least 4 members (excludes halogenated alkanes) is 5. The molecule has 0 spiro atoms. The summed E-state index contributed by atoms with van der Waals surface area (Å²) in [5, 5.41) is 0. The van der Waals surface area contributed by atoms with Gasteiger partial charge in [0.05, 0.1) is 12.9 Å². The number of allylic oxidation sites excluding steroid dienone is 2. The number of halogens is 1. The first-order chi connectivity index (χ1) is 7.35. The van der Waals surface area contributed by atoms with Crippen LogP contribution in [0.4, 0.5) is 0 Å². The Bertz CT molecular complexity index is 178. The van der Waals surface area contributed by atoms with Crippen LogP contribution in [0.2, 0.25) is 0 Å². The van der Waals surface area contributed by atoms with E-state index >= 15 is 0 Å². The molecule has 0 unspecified atom stereocenters. The maximum Gasteiger partial charge on any atom is 0.146 e. The van der Waals surface area contributed by atoms with Crippen LogP contribution in [0.5, 0.6) is 0 Å². The molecule has 0 bridgehead atoms. The van der Waals surface area contributed by atoms with Crippen LogP contribution in [0.3, 0.4) is 0 Å². The predicted octanol–water partition coefficient (Wildman–Crippen LogP) is 3.69. The molecule has 0 amide bonds. The van der Waals surface area contributed by atoms with Gasteiger partial charge in [-0.15, -0.1) is 11.6 Å². The lowest BCUT2D eigenvalue weighted by Crippen LogP contribution is -1.89. The van der Waals surface area contributed by atoms with Gasteiger partial charge in [-0.05, 0) is 12.8 Å². The molecule has 0 saturated heterocycles. The number of carbonyl (C=O) groups excluding carboxylic acids is 1. The van der Waals surface area contributed by atoms with Crippen LogP contribution < -0.4 is 0 Å². The van der Waals surface area contributed by atoms with E-state index in [2.05, 4.69) is 0 Å². The van der Waals surface area contributed by atoms with Gasteiger partial charge in [0.2, 0.25) is 0 Å². The fourth-order valence-corrected chi connectivity index (χ4v) is 1.62. The van der Waals surface area contributed by atoms with E-state index in [1.165, 1.54) is 31.8 Å². The largest absolute Gasteiger partial charge is 0.501 e. The zero-order valence-corrected chi connectivity index (χ0v) is 10.3. The van der Waals surface area contributed by atoms with Crippen molar-refractivity contribution in [3.8, 4) is 0 Å². The lowest BCUT2D eigenvalue weighted by Gasteiger charge is -2.04. The topological polar surface area (TPSA) is 26.3 Å². The maximum atomic E-state index is 10.2. The monoisotopic (exact) mass is 232 g/mol. The number of alkyl halides is 1. The number of ether oxygens (including phenoxy) is 1. The summed E-state index contributed by atoms with van der Waals surface area (Å²) < 4.78 is 5.05. The molecule has 0 heterocycles. The molecule has 88 valence electrons. The molecule has 0 aromatic carbocycles. The maximum absolute atomic E-state index is 10.2. The number of carbonyl (C=O) groups is 1. The van der Waals surface area contributed by atoms with Gasteiger partial charge in [-0.2, -0.15) is 0 Å². The third-order valence-corrected chi connectivity index (χ3v) is 2.59. The number of methoxy groups -OCH3 is 1. The molecule has 15 heavy (non-hydrogen) atoms. The quantitative estimate of drug-likeness (QED) is 0.189. The molecule has 0 saturated carbocycles. The minimum atomic E-state index is 0.774. The summed E-state index contributed by atoms with van der Waals surface area (Å²) >= 11 is 5.58. The molecule has 0 N–H and O–H groups in total. The molecule has 0 aromatic rings. The van der Waals surface area contributed by atoms with Gasteiger partial charge in [0.15, 0.2) is 0 Å². The summed E-state index contributed by atoms with van der Waals surface area (Å²) in [5.41, 5.74) is 0. The van der Waals surface area contributed by atoms with Crippen molar-refractivity contribution in [2.24, 2.45) is 0 Å². The average molecular weight is 233 g/mol. The van der Waals surface area contributed by atoms with Crippen molar-refractivity contribution in [3.63, 3.8) is 0 Å². The van der Waals surface area contributed by atoms with Crippen molar-refractivity contribution in [3.05, 3.63) is 11.8 Å². The smallest absolute Gasteiger partial charge is 0.146 e. The van der Waals surface area contributed by atoms with Crippen LogP contribution in [-0.2, 0) is 9.53 Å². The predicted molar refractivity (Wildman–Crippen MR) is 64.2 cm³/mol. The van der Waals surface area contributed by atoms with Gasteiger partial charge in [-0.1, -0.05) is 25.7 Å². The van der Waals surface area contributed by atoms with Gasteiger partial charge >= 0.3 is 0 Å². The van der Waals surface area contributed by atoms with Gasteiger partial charge in [0.25, 0.3) is 0 Å². The first kappa shape index (κ1) is 14.5. The highest BCUT2D eigenvalue weighted by Crippen LogP contribution is 2.11. The van der Waals surface area contributed by atoms with E-state index in [4.69, 9.17) is 16.3 Å². The van der Waals surface area contributed by atoms with Gasteiger partial charge in [-0.25, -0.2) is 0 Å². The SMILES string of the molecule is CO/C(=C/C=O)CCCCCCCCCl. The Balaban J connectivity index is 3.29. The second-order valence-corrected chi connectivity index (χ2v) is 3.91. The first-order valence-corrected chi connectivity index (χ1v) is 6.13. The minimum absolute atomic E-state index is 0.774.